The van der Waals surface area contributed by atoms with Gasteiger partial charge in [0.25, 0.3) is 0 Å². The Morgan fingerprint density at radius 2 is 2.12 bits per heavy atom. The summed E-state index contributed by atoms with van der Waals surface area (Å²) in [7, 11) is 0. The van der Waals surface area contributed by atoms with E-state index in [2.05, 4.69) is 24.1 Å². The highest BCUT2D eigenvalue weighted by Gasteiger charge is 2.02. The minimum absolute atomic E-state index is 0.487. The van der Waals surface area contributed by atoms with Gasteiger partial charge in [-0.15, -0.1) is 0 Å². The summed E-state index contributed by atoms with van der Waals surface area (Å²) in [6.07, 6.45) is 9.94. The van der Waals surface area contributed by atoms with Gasteiger partial charge >= 0.3 is 0 Å². The van der Waals surface area contributed by atoms with E-state index >= 15 is 0 Å². The number of rotatable bonds is 7. The minimum Gasteiger partial charge on any atom is -0.397 e. The quantitative estimate of drug-likeness (QED) is 0.693. The van der Waals surface area contributed by atoms with E-state index < -0.39 is 0 Å². The molecule has 1 unspecified atom stereocenters. The third-order valence-electron chi connectivity index (χ3n) is 2.66. The summed E-state index contributed by atoms with van der Waals surface area (Å²) in [5, 5.41) is 3.42. The van der Waals surface area contributed by atoms with Crippen LogP contribution in [-0.4, -0.2) is 11.0 Å². The molecule has 1 rings (SSSR count). The fraction of sp³-hybridized carbons (Fsp3) is 0.615. The number of hydrogen-bond donors (Lipinski definition) is 2. The van der Waals surface area contributed by atoms with E-state index in [-0.39, 0.29) is 0 Å². The predicted octanol–water partition coefficient (Wildman–Crippen LogP) is 3.43. The van der Waals surface area contributed by atoms with Crippen molar-refractivity contribution in [3.8, 4) is 0 Å². The third kappa shape index (κ3) is 5.01. The second-order valence-corrected chi connectivity index (χ2v) is 4.40. The second kappa shape index (κ2) is 7.09. The molecule has 90 valence electrons. The molecule has 3 N–H and O–H groups in total. The van der Waals surface area contributed by atoms with Crippen LogP contribution < -0.4 is 11.1 Å². The molecule has 0 saturated heterocycles. The van der Waals surface area contributed by atoms with Crippen LogP contribution in [0.15, 0.2) is 18.5 Å². The molecular formula is C13H23N3. The van der Waals surface area contributed by atoms with Crippen molar-refractivity contribution >= 4 is 11.4 Å². The lowest BCUT2D eigenvalue weighted by Gasteiger charge is -2.14. The average Bonchev–Trinajstić information content (AvgIpc) is 2.24. The number of nitrogens with zero attached hydrogens (tertiary/aromatic N) is 1. The summed E-state index contributed by atoms with van der Waals surface area (Å²) in [6, 6.07) is 2.41. The van der Waals surface area contributed by atoms with Gasteiger partial charge in [-0.2, -0.15) is 0 Å². The zero-order valence-electron chi connectivity index (χ0n) is 10.4. The van der Waals surface area contributed by atoms with E-state index in [9.17, 15) is 0 Å². The first kappa shape index (κ1) is 12.8. The lowest BCUT2D eigenvalue weighted by molar-refractivity contribution is 0.594. The highest BCUT2D eigenvalue weighted by atomic mass is 14.9. The fourth-order valence-electron chi connectivity index (χ4n) is 1.77. The first-order valence-electron chi connectivity index (χ1n) is 6.19. The van der Waals surface area contributed by atoms with Gasteiger partial charge in [0.15, 0.2) is 0 Å². The summed E-state index contributed by atoms with van der Waals surface area (Å²) >= 11 is 0. The summed E-state index contributed by atoms with van der Waals surface area (Å²) in [5.41, 5.74) is 7.40. The Labute approximate surface area is 98.5 Å². The van der Waals surface area contributed by atoms with Crippen LogP contribution in [0, 0.1) is 0 Å². The second-order valence-electron chi connectivity index (χ2n) is 4.40. The first-order chi connectivity index (χ1) is 7.72. The Bertz CT molecular complexity index is 299. The Balaban J connectivity index is 2.25. The molecule has 0 aliphatic rings. The van der Waals surface area contributed by atoms with Gasteiger partial charge in [0.2, 0.25) is 0 Å². The number of nitrogens with two attached hydrogens (primary N) is 1. The summed E-state index contributed by atoms with van der Waals surface area (Å²) < 4.78 is 0. The molecule has 0 amide bonds. The molecule has 0 spiro atoms. The molecule has 16 heavy (non-hydrogen) atoms. The summed E-state index contributed by atoms with van der Waals surface area (Å²) in [4.78, 5) is 4.06. The molecule has 0 saturated carbocycles. The topological polar surface area (TPSA) is 50.9 Å². The van der Waals surface area contributed by atoms with E-state index in [0.717, 1.165) is 5.69 Å². The number of nitrogen functional groups attached to an aromatic ring is 1. The van der Waals surface area contributed by atoms with Gasteiger partial charge in [0.1, 0.15) is 0 Å². The Hall–Kier alpha value is -1.25. The van der Waals surface area contributed by atoms with E-state index in [1.54, 1.807) is 6.20 Å². The van der Waals surface area contributed by atoms with Crippen LogP contribution in [0.4, 0.5) is 11.4 Å². The molecular weight excluding hydrogens is 198 g/mol. The highest BCUT2D eigenvalue weighted by Crippen LogP contribution is 2.13. The van der Waals surface area contributed by atoms with E-state index in [1.807, 2.05) is 12.3 Å². The van der Waals surface area contributed by atoms with Crippen molar-refractivity contribution in [1.29, 1.82) is 0 Å². The Morgan fingerprint density at radius 1 is 1.31 bits per heavy atom. The Morgan fingerprint density at radius 3 is 2.81 bits per heavy atom. The van der Waals surface area contributed by atoms with Gasteiger partial charge in [-0.05, 0) is 19.4 Å². The summed E-state index contributed by atoms with van der Waals surface area (Å²) in [6.45, 7) is 4.44. The van der Waals surface area contributed by atoms with Gasteiger partial charge in [0.05, 0.1) is 17.6 Å². The van der Waals surface area contributed by atoms with Crippen molar-refractivity contribution in [2.45, 2.75) is 52.0 Å². The van der Waals surface area contributed by atoms with Crippen molar-refractivity contribution in [2.75, 3.05) is 11.1 Å². The van der Waals surface area contributed by atoms with Gasteiger partial charge < -0.3 is 11.1 Å². The molecule has 0 radical (unpaired) electrons. The predicted molar refractivity (Wildman–Crippen MR) is 70.5 cm³/mol. The van der Waals surface area contributed by atoms with Crippen LogP contribution in [0.2, 0.25) is 0 Å². The molecule has 0 fully saturated rings. The van der Waals surface area contributed by atoms with E-state index in [4.69, 9.17) is 5.73 Å². The molecule has 0 aromatic carbocycles. The average molecular weight is 221 g/mol. The molecule has 3 heteroatoms. The van der Waals surface area contributed by atoms with Gasteiger partial charge in [-0.3, -0.25) is 4.98 Å². The molecule has 1 aromatic rings. The van der Waals surface area contributed by atoms with Crippen molar-refractivity contribution in [3.05, 3.63) is 18.5 Å². The normalized spacial score (nSPS) is 12.4. The van der Waals surface area contributed by atoms with E-state index in [0.29, 0.717) is 11.7 Å². The number of pyridine rings is 1. The number of nitrogens with one attached hydrogen (secondary N) is 1. The molecule has 1 aromatic heterocycles. The molecule has 1 atom stereocenters. The maximum absolute atomic E-state index is 5.67. The standard InChI is InChI=1S/C13H23N3/c1-3-4-5-6-7-11(2)16-13-8-12(14)9-15-10-13/h8-11,16H,3-7,14H2,1-2H3. The van der Waals surface area contributed by atoms with Crippen molar-refractivity contribution in [2.24, 2.45) is 0 Å². The molecule has 1 heterocycles. The number of aromatic nitrogens is 1. The first-order valence-corrected chi connectivity index (χ1v) is 6.19. The highest BCUT2D eigenvalue weighted by molar-refractivity contribution is 5.51. The van der Waals surface area contributed by atoms with Crippen molar-refractivity contribution < 1.29 is 0 Å². The minimum atomic E-state index is 0.487. The number of anilines is 2. The van der Waals surface area contributed by atoms with Crippen LogP contribution >= 0.6 is 0 Å². The molecule has 3 nitrogen and oxygen atoms in total. The van der Waals surface area contributed by atoms with Crippen LogP contribution in [-0.2, 0) is 0 Å². The SMILES string of the molecule is CCCCCCC(C)Nc1cncc(N)c1. The lowest BCUT2D eigenvalue weighted by atomic mass is 10.1. The monoisotopic (exact) mass is 221 g/mol. The largest absolute Gasteiger partial charge is 0.397 e. The third-order valence-corrected chi connectivity index (χ3v) is 2.66. The molecule has 0 bridgehead atoms. The maximum atomic E-state index is 5.67. The van der Waals surface area contributed by atoms with Gasteiger partial charge in [-0.25, -0.2) is 0 Å². The van der Waals surface area contributed by atoms with Crippen molar-refractivity contribution in [1.82, 2.24) is 4.98 Å². The van der Waals surface area contributed by atoms with Gasteiger partial charge in [0, 0.05) is 12.2 Å². The maximum Gasteiger partial charge on any atom is 0.0549 e. The zero-order chi connectivity index (χ0) is 11.8. The number of unbranched alkanes of at least 4 members (excludes halogenated alkanes) is 3. The zero-order valence-corrected chi connectivity index (χ0v) is 10.4. The van der Waals surface area contributed by atoms with Gasteiger partial charge in [-0.1, -0.05) is 32.6 Å². The number of hydrogen-bond acceptors (Lipinski definition) is 3. The van der Waals surface area contributed by atoms with Crippen LogP contribution in [0.5, 0.6) is 0 Å². The van der Waals surface area contributed by atoms with Crippen LogP contribution in [0.3, 0.4) is 0 Å². The molecule has 0 aliphatic heterocycles. The summed E-state index contributed by atoms with van der Waals surface area (Å²) in [5.74, 6) is 0. The van der Waals surface area contributed by atoms with Crippen LogP contribution in [0.1, 0.15) is 46.0 Å². The van der Waals surface area contributed by atoms with Crippen LogP contribution in [0.25, 0.3) is 0 Å². The van der Waals surface area contributed by atoms with Crippen molar-refractivity contribution in [3.63, 3.8) is 0 Å². The smallest absolute Gasteiger partial charge is 0.0549 e. The lowest BCUT2D eigenvalue weighted by Crippen LogP contribution is -2.15. The Kier molecular flexibility index (Phi) is 5.68. The molecule has 0 aliphatic carbocycles. The fourth-order valence-corrected chi connectivity index (χ4v) is 1.77. The van der Waals surface area contributed by atoms with E-state index in [1.165, 1.54) is 32.1 Å².